The zero-order chi connectivity index (χ0) is 13.1. The fraction of sp³-hybridized carbons (Fsp3) is 0.357. The molecule has 0 unspecified atom stereocenters. The molecule has 0 fully saturated rings. The third-order valence-corrected chi connectivity index (χ3v) is 3.85. The van der Waals surface area contributed by atoms with Crippen molar-refractivity contribution in [3.63, 3.8) is 0 Å². The summed E-state index contributed by atoms with van der Waals surface area (Å²) < 4.78 is 0. The summed E-state index contributed by atoms with van der Waals surface area (Å²) >= 11 is 1.76. The predicted octanol–water partition coefficient (Wildman–Crippen LogP) is 3.45. The molecular weight excluding hydrogens is 242 g/mol. The second kappa shape index (κ2) is 5.40. The Kier molecular flexibility index (Phi) is 3.87. The standard InChI is InChI=1S/C14H19N3S/c1-10(2)17(9-12-5-4-8-18-12)14-13(15)11(3)6-7-16-14/h4-8,10H,9,15H2,1-3H3. The van der Waals surface area contributed by atoms with Gasteiger partial charge in [0.15, 0.2) is 5.82 Å². The van der Waals surface area contributed by atoms with E-state index in [2.05, 4.69) is 41.2 Å². The Labute approximate surface area is 112 Å². The topological polar surface area (TPSA) is 42.2 Å². The van der Waals surface area contributed by atoms with Crippen molar-refractivity contribution in [3.8, 4) is 0 Å². The van der Waals surface area contributed by atoms with Crippen molar-refractivity contribution in [2.45, 2.75) is 33.4 Å². The average Bonchev–Trinajstić information content (AvgIpc) is 2.83. The highest BCUT2D eigenvalue weighted by Crippen LogP contribution is 2.27. The van der Waals surface area contributed by atoms with Gasteiger partial charge in [0.05, 0.1) is 12.2 Å². The van der Waals surface area contributed by atoms with E-state index in [4.69, 9.17) is 5.73 Å². The first-order valence-electron chi connectivity index (χ1n) is 6.09. The van der Waals surface area contributed by atoms with E-state index >= 15 is 0 Å². The molecule has 2 aromatic rings. The fourth-order valence-corrected chi connectivity index (χ4v) is 2.56. The molecule has 0 saturated carbocycles. The SMILES string of the molecule is Cc1ccnc(N(Cc2cccs2)C(C)C)c1N. The van der Waals surface area contributed by atoms with E-state index in [0.29, 0.717) is 6.04 Å². The molecule has 2 heterocycles. The van der Waals surface area contributed by atoms with Crippen molar-refractivity contribution in [2.24, 2.45) is 0 Å². The molecule has 2 aromatic heterocycles. The fourth-order valence-electron chi connectivity index (χ4n) is 1.86. The Balaban J connectivity index is 2.33. The Morgan fingerprint density at radius 3 is 2.78 bits per heavy atom. The maximum Gasteiger partial charge on any atom is 0.152 e. The first kappa shape index (κ1) is 12.9. The van der Waals surface area contributed by atoms with Crippen LogP contribution in [0.4, 0.5) is 11.5 Å². The number of thiophene rings is 1. The molecule has 0 spiro atoms. The lowest BCUT2D eigenvalue weighted by Crippen LogP contribution is -2.31. The van der Waals surface area contributed by atoms with Gasteiger partial charge in [0.1, 0.15) is 0 Å². The van der Waals surface area contributed by atoms with Crippen molar-refractivity contribution in [1.82, 2.24) is 4.98 Å². The van der Waals surface area contributed by atoms with Crippen LogP contribution in [0, 0.1) is 6.92 Å². The van der Waals surface area contributed by atoms with Crippen molar-refractivity contribution in [2.75, 3.05) is 10.6 Å². The normalized spacial score (nSPS) is 10.9. The van der Waals surface area contributed by atoms with Crippen molar-refractivity contribution in [1.29, 1.82) is 0 Å². The summed E-state index contributed by atoms with van der Waals surface area (Å²) in [5.41, 5.74) is 8.01. The molecule has 0 aliphatic rings. The zero-order valence-electron chi connectivity index (χ0n) is 11.1. The zero-order valence-corrected chi connectivity index (χ0v) is 11.9. The summed E-state index contributed by atoms with van der Waals surface area (Å²) in [5, 5.41) is 2.10. The lowest BCUT2D eigenvalue weighted by atomic mass is 10.2. The van der Waals surface area contributed by atoms with E-state index in [1.165, 1.54) is 4.88 Å². The number of aromatic nitrogens is 1. The quantitative estimate of drug-likeness (QED) is 0.916. The molecule has 18 heavy (non-hydrogen) atoms. The first-order chi connectivity index (χ1) is 8.59. The van der Waals surface area contributed by atoms with Crippen LogP contribution < -0.4 is 10.6 Å². The first-order valence-corrected chi connectivity index (χ1v) is 6.97. The lowest BCUT2D eigenvalue weighted by Gasteiger charge is -2.28. The highest BCUT2D eigenvalue weighted by Gasteiger charge is 2.16. The van der Waals surface area contributed by atoms with Gasteiger partial charge >= 0.3 is 0 Å². The molecule has 2 N–H and O–H groups in total. The summed E-state index contributed by atoms with van der Waals surface area (Å²) in [6.45, 7) is 7.20. The van der Waals surface area contributed by atoms with Crippen LogP contribution in [-0.4, -0.2) is 11.0 Å². The molecule has 0 radical (unpaired) electrons. The van der Waals surface area contributed by atoms with E-state index < -0.39 is 0 Å². The number of pyridine rings is 1. The third-order valence-electron chi connectivity index (χ3n) is 2.99. The average molecular weight is 261 g/mol. The van der Waals surface area contributed by atoms with E-state index in [1.54, 1.807) is 11.3 Å². The number of nitrogen functional groups attached to an aromatic ring is 1. The molecule has 0 saturated heterocycles. The molecule has 0 bridgehead atoms. The van der Waals surface area contributed by atoms with Gasteiger partial charge in [-0.25, -0.2) is 4.98 Å². The van der Waals surface area contributed by atoms with Gasteiger partial charge in [0.2, 0.25) is 0 Å². The van der Waals surface area contributed by atoms with Crippen LogP contribution in [-0.2, 0) is 6.54 Å². The van der Waals surface area contributed by atoms with Crippen LogP contribution in [0.3, 0.4) is 0 Å². The Hall–Kier alpha value is -1.55. The molecule has 0 aliphatic carbocycles. The summed E-state index contributed by atoms with van der Waals surface area (Å²) in [4.78, 5) is 8.02. The van der Waals surface area contributed by atoms with Crippen molar-refractivity contribution < 1.29 is 0 Å². The van der Waals surface area contributed by atoms with Gasteiger partial charge in [0, 0.05) is 17.1 Å². The second-order valence-corrected chi connectivity index (χ2v) is 5.70. The molecular formula is C14H19N3S. The third kappa shape index (κ3) is 2.64. The monoisotopic (exact) mass is 261 g/mol. The summed E-state index contributed by atoms with van der Waals surface area (Å²) in [6.07, 6.45) is 1.82. The summed E-state index contributed by atoms with van der Waals surface area (Å²) in [5.74, 6) is 0.887. The Bertz CT molecular complexity index is 506. The summed E-state index contributed by atoms with van der Waals surface area (Å²) in [7, 11) is 0. The van der Waals surface area contributed by atoms with Crippen LogP contribution in [0.15, 0.2) is 29.8 Å². The van der Waals surface area contributed by atoms with Gasteiger partial charge in [-0.1, -0.05) is 6.07 Å². The maximum atomic E-state index is 6.15. The van der Waals surface area contributed by atoms with Crippen LogP contribution in [0.5, 0.6) is 0 Å². The Morgan fingerprint density at radius 2 is 2.17 bits per heavy atom. The maximum absolute atomic E-state index is 6.15. The highest BCUT2D eigenvalue weighted by atomic mass is 32.1. The minimum atomic E-state index is 0.365. The predicted molar refractivity (Wildman–Crippen MR) is 79.0 cm³/mol. The molecule has 4 heteroatoms. The van der Waals surface area contributed by atoms with Gasteiger partial charge in [-0.3, -0.25) is 0 Å². The van der Waals surface area contributed by atoms with E-state index in [0.717, 1.165) is 23.6 Å². The van der Waals surface area contributed by atoms with Crippen LogP contribution >= 0.6 is 11.3 Å². The molecule has 0 amide bonds. The van der Waals surface area contributed by atoms with Gasteiger partial charge in [-0.05, 0) is 43.8 Å². The van der Waals surface area contributed by atoms with Crippen LogP contribution in [0.2, 0.25) is 0 Å². The number of aryl methyl sites for hydroxylation is 1. The summed E-state index contributed by atoms with van der Waals surface area (Å²) in [6, 6.07) is 6.53. The van der Waals surface area contributed by atoms with E-state index in [9.17, 15) is 0 Å². The lowest BCUT2D eigenvalue weighted by molar-refractivity contribution is 0.678. The highest BCUT2D eigenvalue weighted by molar-refractivity contribution is 7.09. The van der Waals surface area contributed by atoms with Crippen molar-refractivity contribution >= 4 is 22.8 Å². The van der Waals surface area contributed by atoms with Gasteiger partial charge in [0.25, 0.3) is 0 Å². The molecule has 3 nitrogen and oxygen atoms in total. The van der Waals surface area contributed by atoms with Crippen LogP contribution in [0.1, 0.15) is 24.3 Å². The van der Waals surface area contributed by atoms with E-state index in [-0.39, 0.29) is 0 Å². The smallest absolute Gasteiger partial charge is 0.152 e. The number of anilines is 2. The van der Waals surface area contributed by atoms with Crippen LogP contribution in [0.25, 0.3) is 0 Å². The van der Waals surface area contributed by atoms with Gasteiger partial charge in [-0.15, -0.1) is 11.3 Å². The van der Waals surface area contributed by atoms with E-state index in [1.807, 2.05) is 19.2 Å². The number of hydrogen-bond donors (Lipinski definition) is 1. The molecule has 96 valence electrons. The number of nitrogens with zero attached hydrogens (tertiary/aromatic N) is 2. The van der Waals surface area contributed by atoms with Gasteiger partial charge in [-0.2, -0.15) is 0 Å². The minimum Gasteiger partial charge on any atom is -0.396 e. The number of rotatable bonds is 4. The number of nitrogens with two attached hydrogens (primary N) is 1. The van der Waals surface area contributed by atoms with Gasteiger partial charge < -0.3 is 10.6 Å². The Morgan fingerprint density at radius 1 is 1.39 bits per heavy atom. The largest absolute Gasteiger partial charge is 0.396 e. The second-order valence-electron chi connectivity index (χ2n) is 4.67. The molecule has 2 rings (SSSR count). The number of hydrogen-bond acceptors (Lipinski definition) is 4. The molecule has 0 atom stereocenters. The van der Waals surface area contributed by atoms with Crippen molar-refractivity contribution in [3.05, 3.63) is 40.2 Å². The molecule has 0 aromatic carbocycles. The minimum absolute atomic E-state index is 0.365. The molecule has 0 aliphatic heterocycles.